The molecular weight excluding hydrogens is 532 g/mol. The van der Waals surface area contributed by atoms with Gasteiger partial charge < -0.3 is 65.3 Å². The van der Waals surface area contributed by atoms with Gasteiger partial charge in [-0.3, -0.25) is 0 Å². The van der Waals surface area contributed by atoms with E-state index in [4.69, 9.17) is 14.2 Å². The van der Waals surface area contributed by atoms with Crippen LogP contribution in [0.2, 0.25) is 0 Å². The highest BCUT2D eigenvalue weighted by molar-refractivity contribution is 5.62. The van der Waals surface area contributed by atoms with E-state index in [0.29, 0.717) is 0 Å². The van der Waals surface area contributed by atoms with Crippen LogP contribution in [-0.2, 0) is 9.47 Å². The first-order valence-corrected chi connectivity index (χ1v) is 12.2. The number of hydrogen-bond donors (Lipinski definition) is 10. The SMILES string of the molecule is C[C@@H]1O[C@@H](O[C@H]2[C@H](c3c(O)cc(O)cc3O)c3c(O)cc(O)cc3O[C@@H]2c2ccc(O)c(O)c2)[C@H](O)[C@@H](O)[C@H]1O. The fraction of sp³-hybridized carbons (Fsp3) is 0.333. The normalized spacial score (nSPS) is 29.9. The van der Waals surface area contributed by atoms with Gasteiger partial charge in [-0.2, -0.15) is 0 Å². The Labute approximate surface area is 226 Å². The quantitative estimate of drug-likeness (QED) is 0.202. The predicted molar refractivity (Wildman–Crippen MR) is 133 cm³/mol. The van der Waals surface area contributed by atoms with Crippen molar-refractivity contribution in [3.05, 3.63) is 59.2 Å². The lowest BCUT2D eigenvalue weighted by molar-refractivity contribution is -0.312. The summed E-state index contributed by atoms with van der Waals surface area (Å²) in [6.07, 6.45) is -10.3. The smallest absolute Gasteiger partial charge is 0.187 e. The van der Waals surface area contributed by atoms with Crippen molar-refractivity contribution in [1.29, 1.82) is 0 Å². The van der Waals surface area contributed by atoms with E-state index >= 15 is 0 Å². The van der Waals surface area contributed by atoms with Crippen molar-refractivity contribution in [1.82, 2.24) is 0 Å². The minimum absolute atomic E-state index is 0.0720. The molecule has 0 unspecified atom stereocenters. The largest absolute Gasteiger partial charge is 0.508 e. The van der Waals surface area contributed by atoms with E-state index in [2.05, 4.69) is 0 Å². The standard InChI is InChI=1S/C27H28O13/c1-9-22(35)23(36)24(37)27(38-9)40-26-21(19-15(32)5-11(28)6-16(19)33)20-17(34)7-12(29)8-18(20)39-25(26)10-2-3-13(30)14(31)4-10/h2-9,21-37H,1H3/t9-,21+,22-,23-,24+,25+,26-,27-/m0/s1. The first-order valence-electron chi connectivity index (χ1n) is 12.2. The van der Waals surface area contributed by atoms with Crippen LogP contribution in [0.4, 0.5) is 0 Å². The van der Waals surface area contributed by atoms with E-state index in [-0.39, 0.29) is 22.4 Å². The van der Waals surface area contributed by atoms with E-state index < -0.39 is 89.1 Å². The minimum atomic E-state index is -1.78. The Hall–Kier alpha value is -4.14. The second-order valence-corrected chi connectivity index (χ2v) is 9.82. The Balaban J connectivity index is 1.74. The van der Waals surface area contributed by atoms with Crippen molar-refractivity contribution in [3.8, 4) is 46.0 Å². The fourth-order valence-electron chi connectivity index (χ4n) is 5.19. The molecule has 10 N–H and O–H groups in total. The number of phenols is 7. The van der Waals surface area contributed by atoms with Crippen molar-refractivity contribution in [2.75, 3.05) is 0 Å². The molecule has 13 nitrogen and oxygen atoms in total. The fourth-order valence-corrected chi connectivity index (χ4v) is 5.19. The number of aliphatic hydroxyl groups excluding tert-OH is 3. The maximum Gasteiger partial charge on any atom is 0.187 e. The molecule has 0 amide bonds. The van der Waals surface area contributed by atoms with Crippen LogP contribution in [0.5, 0.6) is 46.0 Å². The highest BCUT2D eigenvalue weighted by Crippen LogP contribution is 2.55. The number of phenolic OH excluding ortho intramolecular Hbond substituents is 7. The van der Waals surface area contributed by atoms with Gasteiger partial charge in [-0.1, -0.05) is 6.07 Å². The summed E-state index contributed by atoms with van der Waals surface area (Å²) in [5.74, 6) is -5.07. The zero-order valence-electron chi connectivity index (χ0n) is 20.9. The van der Waals surface area contributed by atoms with E-state index in [1.54, 1.807) is 0 Å². The van der Waals surface area contributed by atoms with E-state index in [0.717, 1.165) is 30.3 Å². The molecule has 0 aromatic heterocycles. The Bertz CT molecular complexity index is 1400. The maximum atomic E-state index is 10.9. The van der Waals surface area contributed by atoms with Gasteiger partial charge in [0.25, 0.3) is 0 Å². The van der Waals surface area contributed by atoms with Crippen molar-refractivity contribution < 1.29 is 65.3 Å². The molecule has 2 aliphatic heterocycles. The summed E-state index contributed by atoms with van der Waals surface area (Å²) < 4.78 is 17.9. The summed E-state index contributed by atoms with van der Waals surface area (Å²) >= 11 is 0. The molecule has 0 aliphatic carbocycles. The molecule has 5 rings (SSSR count). The lowest BCUT2D eigenvalue weighted by Gasteiger charge is -2.45. The van der Waals surface area contributed by atoms with Gasteiger partial charge in [0.15, 0.2) is 23.9 Å². The molecule has 8 atom stereocenters. The Morgan fingerprint density at radius 2 is 1.25 bits per heavy atom. The molecule has 214 valence electrons. The molecular formula is C27H28O13. The second kappa shape index (κ2) is 10.1. The van der Waals surface area contributed by atoms with Gasteiger partial charge in [0, 0.05) is 35.4 Å². The van der Waals surface area contributed by atoms with Crippen LogP contribution in [0.15, 0.2) is 42.5 Å². The molecule has 0 radical (unpaired) electrons. The molecule has 3 aromatic carbocycles. The van der Waals surface area contributed by atoms with Crippen molar-refractivity contribution >= 4 is 0 Å². The highest BCUT2D eigenvalue weighted by Gasteiger charge is 2.50. The molecule has 0 saturated carbocycles. The molecule has 1 fully saturated rings. The predicted octanol–water partition coefficient (Wildman–Crippen LogP) is 1.10. The Morgan fingerprint density at radius 1 is 0.650 bits per heavy atom. The van der Waals surface area contributed by atoms with Crippen LogP contribution in [0.25, 0.3) is 0 Å². The maximum absolute atomic E-state index is 10.9. The van der Waals surface area contributed by atoms with Crippen molar-refractivity contribution in [2.45, 2.75) is 55.8 Å². The highest BCUT2D eigenvalue weighted by atomic mass is 16.7. The second-order valence-electron chi connectivity index (χ2n) is 9.82. The first kappa shape index (κ1) is 27.4. The number of rotatable bonds is 4. The van der Waals surface area contributed by atoms with E-state index in [9.17, 15) is 51.1 Å². The minimum Gasteiger partial charge on any atom is -0.508 e. The molecule has 0 spiro atoms. The number of fused-ring (bicyclic) bond motifs is 1. The van der Waals surface area contributed by atoms with Gasteiger partial charge in [0.1, 0.15) is 58.9 Å². The number of aliphatic hydroxyl groups is 3. The van der Waals surface area contributed by atoms with Crippen LogP contribution in [0, 0.1) is 0 Å². The van der Waals surface area contributed by atoms with Crippen LogP contribution in [-0.4, -0.2) is 87.9 Å². The summed E-state index contributed by atoms with van der Waals surface area (Å²) in [6.45, 7) is 1.43. The lowest BCUT2D eigenvalue weighted by atomic mass is 9.78. The zero-order chi connectivity index (χ0) is 29.0. The summed E-state index contributed by atoms with van der Waals surface area (Å²) in [6, 6.07) is 7.71. The third kappa shape index (κ3) is 4.63. The number of ether oxygens (including phenoxy) is 3. The van der Waals surface area contributed by atoms with Gasteiger partial charge >= 0.3 is 0 Å². The summed E-state index contributed by atoms with van der Waals surface area (Å²) in [4.78, 5) is 0. The number of hydrogen-bond acceptors (Lipinski definition) is 13. The van der Waals surface area contributed by atoms with Gasteiger partial charge in [0.05, 0.1) is 12.0 Å². The third-order valence-corrected chi connectivity index (χ3v) is 7.16. The molecule has 3 aromatic rings. The van der Waals surface area contributed by atoms with Gasteiger partial charge in [-0.25, -0.2) is 0 Å². The van der Waals surface area contributed by atoms with Crippen molar-refractivity contribution in [2.24, 2.45) is 0 Å². The Morgan fingerprint density at radius 3 is 1.88 bits per heavy atom. The Kier molecular flexibility index (Phi) is 6.94. The summed E-state index contributed by atoms with van der Waals surface area (Å²) in [5, 5.41) is 104. The van der Waals surface area contributed by atoms with Crippen LogP contribution < -0.4 is 4.74 Å². The van der Waals surface area contributed by atoms with E-state index in [1.165, 1.54) is 19.1 Å². The van der Waals surface area contributed by atoms with Crippen molar-refractivity contribution in [3.63, 3.8) is 0 Å². The molecule has 40 heavy (non-hydrogen) atoms. The van der Waals surface area contributed by atoms with Crippen LogP contribution in [0.1, 0.15) is 35.6 Å². The molecule has 2 aliphatic rings. The van der Waals surface area contributed by atoms with Gasteiger partial charge in [-0.05, 0) is 24.6 Å². The summed E-state index contributed by atoms with van der Waals surface area (Å²) in [5.41, 5.74) is -0.145. The average Bonchev–Trinajstić information content (AvgIpc) is 2.87. The van der Waals surface area contributed by atoms with Crippen LogP contribution >= 0.6 is 0 Å². The molecule has 13 heteroatoms. The van der Waals surface area contributed by atoms with E-state index in [1.807, 2.05) is 0 Å². The third-order valence-electron chi connectivity index (χ3n) is 7.16. The summed E-state index contributed by atoms with van der Waals surface area (Å²) in [7, 11) is 0. The number of aromatic hydroxyl groups is 7. The van der Waals surface area contributed by atoms with Crippen LogP contribution in [0.3, 0.4) is 0 Å². The molecule has 2 heterocycles. The van der Waals surface area contributed by atoms with Gasteiger partial charge in [0.2, 0.25) is 0 Å². The first-order chi connectivity index (χ1) is 18.9. The lowest BCUT2D eigenvalue weighted by Crippen LogP contribution is -2.58. The van der Waals surface area contributed by atoms with Gasteiger partial charge in [-0.15, -0.1) is 0 Å². The monoisotopic (exact) mass is 560 g/mol. The molecule has 1 saturated heterocycles. The number of benzene rings is 3. The molecule has 0 bridgehead atoms. The topological polar surface area (TPSA) is 230 Å². The average molecular weight is 561 g/mol. The zero-order valence-corrected chi connectivity index (χ0v) is 20.9.